The first kappa shape index (κ1) is 33.7. The number of rotatable bonds is 6. The summed E-state index contributed by atoms with van der Waals surface area (Å²) in [6.45, 7) is 7.96. The van der Waals surface area contributed by atoms with E-state index in [-0.39, 0.29) is 24.6 Å². The topological polar surface area (TPSA) is 127 Å². The van der Waals surface area contributed by atoms with Crippen molar-refractivity contribution in [3.8, 4) is 0 Å². The Labute approximate surface area is 291 Å². The second-order valence-corrected chi connectivity index (χ2v) is 14.6. The number of pyridine rings is 1. The number of hydrogen-bond donors (Lipinski definition) is 0. The number of cyclic esters (lactones) is 1. The molecule has 50 heavy (non-hydrogen) atoms. The van der Waals surface area contributed by atoms with Gasteiger partial charge in [0.1, 0.15) is 23.9 Å². The van der Waals surface area contributed by atoms with E-state index in [0.29, 0.717) is 30.4 Å². The molecular formula is C40H41NO9. The van der Waals surface area contributed by atoms with Crippen LogP contribution in [0.2, 0.25) is 0 Å². The molecule has 0 radical (unpaired) electrons. The Balaban J connectivity index is 1.40. The zero-order valence-electron chi connectivity index (χ0n) is 28.6. The van der Waals surface area contributed by atoms with Gasteiger partial charge >= 0.3 is 23.9 Å². The van der Waals surface area contributed by atoms with E-state index < -0.39 is 64.2 Å². The molecule has 4 aliphatic rings. The summed E-state index contributed by atoms with van der Waals surface area (Å²) in [6, 6.07) is 20.7. The van der Waals surface area contributed by atoms with Crippen molar-refractivity contribution in [3.63, 3.8) is 0 Å². The third kappa shape index (κ3) is 5.41. The smallest absolute Gasteiger partial charge is 0.340 e. The minimum absolute atomic E-state index is 0.0332. The Hall–Kier alpha value is -4.83. The fourth-order valence-electron chi connectivity index (χ4n) is 9.04. The summed E-state index contributed by atoms with van der Waals surface area (Å²) in [6.07, 6.45) is 3.51. The van der Waals surface area contributed by atoms with Gasteiger partial charge in [-0.25, -0.2) is 14.4 Å². The van der Waals surface area contributed by atoms with Gasteiger partial charge < -0.3 is 23.7 Å². The SMILES string of the molecule is CC1=CC[C@@H](OC(=O)c2ccccc2)C2[C@@]1(C)[C@@H](OC(=O)c1cccnc1)[C@H](OC(=O)c1ccccc1)[C@]1(C)O[C@]3(CC[C@]21C)COC(=O)C3. The van der Waals surface area contributed by atoms with Crippen LogP contribution in [0.4, 0.5) is 0 Å². The molecule has 3 heterocycles. The maximum absolute atomic E-state index is 14.0. The van der Waals surface area contributed by atoms with Crippen molar-refractivity contribution in [2.24, 2.45) is 16.7 Å². The third-order valence-corrected chi connectivity index (χ3v) is 11.9. The number of hydrogen-bond acceptors (Lipinski definition) is 10. The van der Waals surface area contributed by atoms with Crippen LogP contribution in [0, 0.1) is 16.7 Å². The average Bonchev–Trinajstić information content (AvgIpc) is 3.49. The molecule has 2 aliphatic heterocycles. The van der Waals surface area contributed by atoms with Crippen LogP contribution in [0.15, 0.2) is 96.8 Å². The number of benzene rings is 2. The monoisotopic (exact) mass is 679 g/mol. The molecule has 10 heteroatoms. The van der Waals surface area contributed by atoms with E-state index in [1.165, 1.54) is 6.20 Å². The van der Waals surface area contributed by atoms with Crippen molar-refractivity contribution in [2.45, 2.75) is 82.9 Å². The van der Waals surface area contributed by atoms with Crippen LogP contribution in [0.5, 0.6) is 0 Å². The van der Waals surface area contributed by atoms with E-state index in [4.69, 9.17) is 23.7 Å². The minimum Gasteiger partial charge on any atom is -0.463 e. The minimum atomic E-state index is -1.36. The molecule has 3 aromatic rings. The second kappa shape index (κ2) is 12.5. The average molecular weight is 680 g/mol. The largest absolute Gasteiger partial charge is 0.463 e. The van der Waals surface area contributed by atoms with Gasteiger partial charge in [0.25, 0.3) is 0 Å². The third-order valence-electron chi connectivity index (χ3n) is 11.9. The van der Waals surface area contributed by atoms with Gasteiger partial charge in [0.15, 0.2) is 12.2 Å². The van der Waals surface area contributed by atoms with Crippen LogP contribution in [-0.2, 0) is 28.5 Å². The first-order chi connectivity index (χ1) is 23.9. The Bertz CT molecular complexity index is 1830. The number of aromatic nitrogens is 1. The number of carbonyl (C=O) groups excluding carboxylic acids is 4. The van der Waals surface area contributed by atoms with E-state index in [9.17, 15) is 19.2 Å². The summed E-state index contributed by atoms with van der Waals surface area (Å²) in [7, 11) is 0. The molecule has 3 fully saturated rings. The van der Waals surface area contributed by atoms with Gasteiger partial charge in [-0.05, 0) is 63.1 Å². The van der Waals surface area contributed by atoms with Gasteiger partial charge in [0, 0.05) is 35.6 Å². The van der Waals surface area contributed by atoms with Gasteiger partial charge in [0.2, 0.25) is 0 Å². The lowest BCUT2D eigenvalue weighted by Gasteiger charge is -2.70. The normalized spacial score (nSPS) is 34.4. The molecule has 0 amide bonds. The van der Waals surface area contributed by atoms with E-state index in [1.54, 1.807) is 72.9 Å². The van der Waals surface area contributed by atoms with Gasteiger partial charge in [-0.3, -0.25) is 9.78 Å². The molecule has 2 aliphatic carbocycles. The lowest BCUT2D eigenvalue weighted by molar-refractivity contribution is -0.345. The first-order valence-corrected chi connectivity index (χ1v) is 17.1. The van der Waals surface area contributed by atoms with Crippen molar-refractivity contribution in [1.82, 2.24) is 4.98 Å². The van der Waals surface area contributed by atoms with E-state index in [0.717, 1.165) is 5.57 Å². The summed E-state index contributed by atoms with van der Waals surface area (Å²) in [5, 5.41) is 0. The van der Waals surface area contributed by atoms with Crippen molar-refractivity contribution >= 4 is 23.9 Å². The quantitative estimate of drug-likeness (QED) is 0.166. The zero-order valence-corrected chi connectivity index (χ0v) is 28.6. The molecule has 1 aromatic heterocycles. The Kier molecular flexibility index (Phi) is 8.41. The van der Waals surface area contributed by atoms with Crippen molar-refractivity contribution in [2.75, 3.05) is 6.61 Å². The summed E-state index contributed by atoms with van der Waals surface area (Å²) >= 11 is 0. The van der Waals surface area contributed by atoms with Crippen LogP contribution in [-0.4, -0.2) is 65.0 Å². The fourth-order valence-corrected chi connectivity index (χ4v) is 9.04. The summed E-state index contributed by atoms with van der Waals surface area (Å²) in [5.41, 5.74) is -2.33. The predicted molar refractivity (Wildman–Crippen MR) is 180 cm³/mol. The van der Waals surface area contributed by atoms with E-state index >= 15 is 0 Å². The van der Waals surface area contributed by atoms with Gasteiger partial charge in [-0.1, -0.05) is 61.9 Å². The summed E-state index contributed by atoms with van der Waals surface area (Å²) in [5.74, 6) is -2.60. The van der Waals surface area contributed by atoms with Gasteiger partial charge in [-0.15, -0.1) is 0 Å². The molecule has 1 unspecified atom stereocenters. The van der Waals surface area contributed by atoms with Crippen LogP contribution in [0.3, 0.4) is 0 Å². The van der Waals surface area contributed by atoms with Crippen molar-refractivity contribution in [1.29, 1.82) is 0 Å². The molecule has 1 spiro atoms. The Morgan fingerprint density at radius 3 is 1.98 bits per heavy atom. The molecule has 2 aromatic carbocycles. The van der Waals surface area contributed by atoms with Gasteiger partial charge in [-0.2, -0.15) is 0 Å². The van der Waals surface area contributed by atoms with Crippen LogP contribution >= 0.6 is 0 Å². The molecular weight excluding hydrogens is 638 g/mol. The lowest BCUT2D eigenvalue weighted by atomic mass is 9.41. The summed E-state index contributed by atoms with van der Waals surface area (Å²) < 4.78 is 32.1. The molecule has 2 saturated heterocycles. The van der Waals surface area contributed by atoms with Gasteiger partial charge in [0.05, 0.1) is 23.1 Å². The molecule has 7 rings (SSSR count). The van der Waals surface area contributed by atoms with Crippen LogP contribution < -0.4 is 0 Å². The molecule has 0 N–H and O–H groups in total. The van der Waals surface area contributed by atoms with E-state index in [2.05, 4.69) is 11.9 Å². The lowest BCUT2D eigenvalue weighted by Crippen LogP contribution is -2.78. The highest BCUT2D eigenvalue weighted by Gasteiger charge is 2.76. The maximum Gasteiger partial charge on any atom is 0.340 e. The second-order valence-electron chi connectivity index (χ2n) is 14.6. The highest BCUT2D eigenvalue weighted by Crippen LogP contribution is 2.69. The molecule has 260 valence electrons. The van der Waals surface area contributed by atoms with Crippen LogP contribution in [0.25, 0.3) is 0 Å². The van der Waals surface area contributed by atoms with E-state index in [1.807, 2.05) is 32.9 Å². The highest BCUT2D eigenvalue weighted by atomic mass is 16.6. The van der Waals surface area contributed by atoms with Crippen LogP contribution in [0.1, 0.15) is 84.5 Å². The number of carbonyl (C=O) groups is 4. The first-order valence-electron chi connectivity index (χ1n) is 17.1. The number of ether oxygens (including phenoxy) is 5. The fraction of sp³-hybridized carbons (Fsp3) is 0.425. The number of nitrogens with zero attached hydrogens (tertiary/aromatic N) is 1. The zero-order chi connectivity index (χ0) is 35.3. The molecule has 0 bridgehead atoms. The Morgan fingerprint density at radius 2 is 1.38 bits per heavy atom. The summed E-state index contributed by atoms with van der Waals surface area (Å²) in [4.78, 5) is 58.4. The molecule has 10 nitrogen and oxygen atoms in total. The number of fused-ring (bicyclic) bond motifs is 3. The van der Waals surface area contributed by atoms with Crippen molar-refractivity contribution in [3.05, 3.63) is 114 Å². The molecule has 1 saturated carbocycles. The number of esters is 4. The Morgan fingerprint density at radius 1 is 0.780 bits per heavy atom. The highest BCUT2D eigenvalue weighted by molar-refractivity contribution is 5.91. The maximum atomic E-state index is 14.0. The molecule has 8 atom stereocenters. The predicted octanol–water partition coefficient (Wildman–Crippen LogP) is 6.31. The standard InChI is InChI=1S/C40H41NO9/c1-25-17-18-29(47-34(43)26-12-7-5-8-13-26)31-37(2)19-20-40(22-30(42)46-24-40)50-39(37,4)33(49-35(44)27-14-9-6-10-15-27)32(38(25,31)3)48-36(45)28-16-11-21-41-23-28/h5-17,21,23,29,31-33H,18-20,22,24H2,1-4H3/t29-,31?,32+,33+,37-,38+,39+,40+/m1/s1. The van der Waals surface area contributed by atoms with Crippen molar-refractivity contribution < 1.29 is 42.9 Å².